The number of hydrogen-bond acceptors (Lipinski definition) is 2. The van der Waals surface area contributed by atoms with Gasteiger partial charge in [-0.05, 0) is 16.5 Å². The summed E-state index contributed by atoms with van der Waals surface area (Å²) in [6.45, 7) is 0. The lowest BCUT2D eigenvalue weighted by molar-refractivity contribution is -0.136. The van der Waals surface area contributed by atoms with E-state index in [1.54, 1.807) is 0 Å². The third-order valence-electron chi connectivity index (χ3n) is 3.26. The van der Waals surface area contributed by atoms with Gasteiger partial charge in [-0.3, -0.25) is 9.78 Å². The van der Waals surface area contributed by atoms with Crippen LogP contribution in [0.15, 0.2) is 60.9 Å². The summed E-state index contributed by atoms with van der Waals surface area (Å²) in [5.41, 5.74) is 2.81. The lowest BCUT2D eigenvalue weighted by Gasteiger charge is -2.07. The SMILES string of the molecule is O=C(O)Cc1cccc(-c2cncc3ccccc23)c1. The Morgan fingerprint density at radius 2 is 1.90 bits per heavy atom. The van der Waals surface area contributed by atoms with Gasteiger partial charge in [0.05, 0.1) is 6.42 Å². The summed E-state index contributed by atoms with van der Waals surface area (Å²) in [6.07, 6.45) is 3.69. The molecule has 1 N–H and O–H groups in total. The summed E-state index contributed by atoms with van der Waals surface area (Å²) >= 11 is 0. The molecule has 20 heavy (non-hydrogen) atoms. The minimum absolute atomic E-state index is 0.0338. The zero-order valence-corrected chi connectivity index (χ0v) is 10.8. The molecule has 2 aromatic carbocycles. The minimum Gasteiger partial charge on any atom is -0.481 e. The monoisotopic (exact) mass is 263 g/mol. The molecule has 3 aromatic rings. The molecule has 0 unspecified atom stereocenters. The van der Waals surface area contributed by atoms with Crippen LogP contribution in [0.4, 0.5) is 0 Å². The number of carboxylic acids is 1. The van der Waals surface area contributed by atoms with Crippen molar-refractivity contribution >= 4 is 16.7 Å². The highest BCUT2D eigenvalue weighted by molar-refractivity contribution is 5.95. The molecule has 98 valence electrons. The predicted molar refractivity (Wildman–Crippen MR) is 78.5 cm³/mol. The third kappa shape index (κ3) is 2.38. The van der Waals surface area contributed by atoms with Gasteiger partial charge in [-0.25, -0.2) is 0 Å². The molecule has 0 aliphatic heterocycles. The molecule has 0 radical (unpaired) electrons. The van der Waals surface area contributed by atoms with Crippen LogP contribution in [0.25, 0.3) is 21.9 Å². The van der Waals surface area contributed by atoms with E-state index in [1.165, 1.54) is 0 Å². The zero-order valence-electron chi connectivity index (χ0n) is 10.8. The largest absolute Gasteiger partial charge is 0.481 e. The first-order valence-electron chi connectivity index (χ1n) is 6.38. The van der Waals surface area contributed by atoms with Crippen molar-refractivity contribution in [1.82, 2.24) is 4.98 Å². The number of aromatic nitrogens is 1. The van der Waals surface area contributed by atoms with Crippen molar-refractivity contribution in [3.8, 4) is 11.1 Å². The Labute approximate surface area is 116 Å². The van der Waals surface area contributed by atoms with Gasteiger partial charge in [0.25, 0.3) is 0 Å². The van der Waals surface area contributed by atoms with Gasteiger partial charge >= 0.3 is 5.97 Å². The zero-order chi connectivity index (χ0) is 13.9. The molecule has 0 atom stereocenters. The van der Waals surface area contributed by atoms with Gasteiger partial charge < -0.3 is 5.11 Å². The van der Waals surface area contributed by atoms with E-state index in [1.807, 2.05) is 54.9 Å². The molecule has 0 saturated carbocycles. The van der Waals surface area contributed by atoms with Crippen LogP contribution in [0, 0.1) is 0 Å². The van der Waals surface area contributed by atoms with E-state index in [0.717, 1.165) is 27.5 Å². The molecular weight excluding hydrogens is 250 g/mol. The Balaban J connectivity index is 2.13. The molecule has 0 aliphatic carbocycles. The molecule has 0 saturated heterocycles. The van der Waals surface area contributed by atoms with Gasteiger partial charge in [0.15, 0.2) is 0 Å². The summed E-state index contributed by atoms with van der Waals surface area (Å²) in [4.78, 5) is 15.1. The van der Waals surface area contributed by atoms with Crippen LogP contribution >= 0.6 is 0 Å². The molecule has 1 heterocycles. The van der Waals surface area contributed by atoms with Crippen LogP contribution in [0.5, 0.6) is 0 Å². The van der Waals surface area contributed by atoms with E-state index < -0.39 is 5.97 Å². The number of hydrogen-bond donors (Lipinski definition) is 1. The fourth-order valence-corrected chi connectivity index (χ4v) is 2.37. The maximum atomic E-state index is 10.8. The third-order valence-corrected chi connectivity index (χ3v) is 3.26. The highest BCUT2D eigenvalue weighted by Crippen LogP contribution is 2.28. The summed E-state index contributed by atoms with van der Waals surface area (Å²) < 4.78 is 0. The first kappa shape index (κ1) is 12.4. The van der Waals surface area contributed by atoms with Crippen molar-refractivity contribution in [3.63, 3.8) is 0 Å². The van der Waals surface area contributed by atoms with Crippen LogP contribution in [0.3, 0.4) is 0 Å². The smallest absolute Gasteiger partial charge is 0.307 e. The van der Waals surface area contributed by atoms with Gasteiger partial charge in [-0.1, -0.05) is 48.5 Å². The van der Waals surface area contributed by atoms with E-state index in [2.05, 4.69) is 11.1 Å². The minimum atomic E-state index is -0.821. The molecule has 3 nitrogen and oxygen atoms in total. The highest BCUT2D eigenvalue weighted by Gasteiger charge is 2.06. The fourth-order valence-electron chi connectivity index (χ4n) is 2.37. The summed E-state index contributed by atoms with van der Waals surface area (Å²) in [7, 11) is 0. The number of carbonyl (C=O) groups is 1. The number of fused-ring (bicyclic) bond motifs is 1. The van der Waals surface area contributed by atoms with Crippen LogP contribution in [-0.4, -0.2) is 16.1 Å². The number of rotatable bonds is 3. The van der Waals surface area contributed by atoms with Gasteiger partial charge in [-0.2, -0.15) is 0 Å². The van der Waals surface area contributed by atoms with Crippen molar-refractivity contribution in [1.29, 1.82) is 0 Å². The van der Waals surface area contributed by atoms with Gasteiger partial charge in [0.2, 0.25) is 0 Å². The molecule has 0 fully saturated rings. The molecule has 0 bridgehead atoms. The van der Waals surface area contributed by atoms with Gasteiger partial charge in [-0.15, -0.1) is 0 Å². The van der Waals surface area contributed by atoms with E-state index in [-0.39, 0.29) is 6.42 Å². The molecule has 3 heteroatoms. The second kappa shape index (κ2) is 5.13. The second-order valence-electron chi connectivity index (χ2n) is 4.68. The standard InChI is InChI=1S/C17H13NO2/c19-17(20)9-12-4-3-6-13(8-12)16-11-18-10-14-5-1-2-7-15(14)16/h1-8,10-11H,9H2,(H,19,20). The Kier molecular flexibility index (Phi) is 3.17. The van der Waals surface area contributed by atoms with Gasteiger partial charge in [0, 0.05) is 23.3 Å². The van der Waals surface area contributed by atoms with Crippen LogP contribution < -0.4 is 0 Å². The van der Waals surface area contributed by atoms with Gasteiger partial charge in [0.1, 0.15) is 0 Å². The van der Waals surface area contributed by atoms with Crippen LogP contribution in [0.1, 0.15) is 5.56 Å². The summed E-state index contributed by atoms with van der Waals surface area (Å²) in [5, 5.41) is 11.1. The number of pyridine rings is 1. The van der Waals surface area contributed by atoms with Crippen LogP contribution in [-0.2, 0) is 11.2 Å². The van der Waals surface area contributed by atoms with Crippen LogP contribution in [0.2, 0.25) is 0 Å². The first-order valence-corrected chi connectivity index (χ1v) is 6.38. The Hall–Kier alpha value is -2.68. The molecule has 3 rings (SSSR count). The summed E-state index contributed by atoms with van der Waals surface area (Å²) in [6, 6.07) is 15.7. The van der Waals surface area contributed by atoms with Crippen molar-refractivity contribution in [3.05, 3.63) is 66.5 Å². The Morgan fingerprint density at radius 3 is 2.75 bits per heavy atom. The maximum absolute atomic E-state index is 10.8. The molecule has 1 aromatic heterocycles. The Bertz CT molecular complexity index is 775. The normalized spacial score (nSPS) is 10.6. The number of benzene rings is 2. The lowest BCUT2D eigenvalue weighted by atomic mass is 9.99. The summed E-state index contributed by atoms with van der Waals surface area (Å²) in [5.74, 6) is -0.821. The lowest BCUT2D eigenvalue weighted by Crippen LogP contribution is -1.99. The van der Waals surface area contributed by atoms with Crippen molar-refractivity contribution < 1.29 is 9.90 Å². The fraction of sp³-hybridized carbons (Fsp3) is 0.0588. The maximum Gasteiger partial charge on any atom is 0.307 e. The van der Waals surface area contributed by atoms with Crippen molar-refractivity contribution in [2.75, 3.05) is 0 Å². The highest BCUT2D eigenvalue weighted by atomic mass is 16.4. The Morgan fingerprint density at radius 1 is 1.05 bits per heavy atom. The quantitative estimate of drug-likeness (QED) is 0.786. The average Bonchev–Trinajstić information content (AvgIpc) is 2.46. The second-order valence-corrected chi connectivity index (χ2v) is 4.68. The predicted octanol–water partition coefficient (Wildman–Crippen LogP) is 3.53. The average molecular weight is 263 g/mol. The number of nitrogens with zero attached hydrogens (tertiary/aromatic N) is 1. The van der Waals surface area contributed by atoms with E-state index in [9.17, 15) is 4.79 Å². The van der Waals surface area contributed by atoms with E-state index in [4.69, 9.17) is 5.11 Å². The number of aliphatic carboxylic acids is 1. The van der Waals surface area contributed by atoms with E-state index >= 15 is 0 Å². The molecule has 0 spiro atoms. The molecule has 0 amide bonds. The molecular formula is C17H13NO2. The van der Waals surface area contributed by atoms with Crippen molar-refractivity contribution in [2.45, 2.75) is 6.42 Å². The first-order chi connectivity index (χ1) is 9.74. The number of carboxylic acid groups (broad SMARTS) is 1. The molecule has 0 aliphatic rings. The topological polar surface area (TPSA) is 50.2 Å². The van der Waals surface area contributed by atoms with Crippen molar-refractivity contribution in [2.24, 2.45) is 0 Å². The van der Waals surface area contributed by atoms with E-state index in [0.29, 0.717) is 0 Å².